The minimum absolute atomic E-state index is 0.0648. The van der Waals surface area contributed by atoms with Gasteiger partial charge in [0, 0.05) is 38.2 Å². The number of carboxylic acids is 1. The molecule has 0 bridgehead atoms. The van der Waals surface area contributed by atoms with Crippen molar-refractivity contribution in [3.63, 3.8) is 0 Å². The summed E-state index contributed by atoms with van der Waals surface area (Å²) >= 11 is 0. The zero-order chi connectivity index (χ0) is 21.1. The molecule has 152 valence electrons. The lowest BCUT2D eigenvalue weighted by molar-refractivity contribution is -0.139. The SMILES string of the molecule is CC(C)C(=O)N(C)Cc1ccc(C(=O)N2Cc3ccccc3C(C(=O)O)C2)cc1. The van der Waals surface area contributed by atoms with Crippen LogP contribution in [0.5, 0.6) is 0 Å². The summed E-state index contributed by atoms with van der Waals surface area (Å²) in [5.74, 6) is -1.84. The molecule has 2 aromatic rings. The van der Waals surface area contributed by atoms with Gasteiger partial charge >= 0.3 is 5.97 Å². The van der Waals surface area contributed by atoms with E-state index >= 15 is 0 Å². The van der Waals surface area contributed by atoms with Crippen molar-refractivity contribution in [2.45, 2.75) is 32.9 Å². The van der Waals surface area contributed by atoms with E-state index in [4.69, 9.17) is 0 Å². The Kier molecular flexibility index (Phi) is 6.01. The van der Waals surface area contributed by atoms with E-state index in [1.807, 2.05) is 50.2 Å². The highest BCUT2D eigenvalue weighted by Gasteiger charge is 2.32. The van der Waals surface area contributed by atoms with Crippen molar-refractivity contribution in [2.24, 2.45) is 5.92 Å². The van der Waals surface area contributed by atoms with E-state index in [1.54, 1.807) is 29.0 Å². The van der Waals surface area contributed by atoms with Gasteiger partial charge in [0.15, 0.2) is 0 Å². The Hall–Kier alpha value is -3.15. The first kappa shape index (κ1) is 20.6. The number of hydrogen-bond donors (Lipinski definition) is 1. The maximum Gasteiger partial charge on any atom is 0.312 e. The van der Waals surface area contributed by atoms with Gasteiger partial charge in [-0.25, -0.2) is 0 Å². The average molecular weight is 394 g/mol. The normalized spacial score (nSPS) is 15.7. The van der Waals surface area contributed by atoms with Gasteiger partial charge in [0.2, 0.25) is 5.91 Å². The van der Waals surface area contributed by atoms with Crippen LogP contribution in [-0.2, 0) is 22.7 Å². The number of amides is 2. The van der Waals surface area contributed by atoms with Gasteiger partial charge in [0.05, 0.1) is 5.92 Å². The van der Waals surface area contributed by atoms with Gasteiger partial charge in [-0.1, -0.05) is 50.2 Å². The standard InChI is InChI=1S/C23H26N2O4/c1-15(2)21(26)24(3)12-16-8-10-17(11-9-16)22(27)25-13-18-6-4-5-7-19(18)20(14-25)23(28)29/h4-11,15,20H,12-14H2,1-3H3,(H,28,29). The predicted molar refractivity (Wildman–Crippen MR) is 109 cm³/mol. The molecular weight excluding hydrogens is 368 g/mol. The van der Waals surface area contributed by atoms with Crippen LogP contribution in [0.2, 0.25) is 0 Å². The Labute approximate surface area is 170 Å². The van der Waals surface area contributed by atoms with Crippen LogP contribution in [0.4, 0.5) is 0 Å². The molecule has 29 heavy (non-hydrogen) atoms. The Bertz CT molecular complexity index is 921. The molecule has 6 nitrogen and oxygen atoms in total. The van der Waals surface area contributed by atoms with Crippen molar-refractivity contribution in [3.05, 3.63) is 70.8 Å². The molecule has 0 aliphatic carbocycles. The molecule has 2 amide bonds. The second kappa shape index (κ2) is 8.47. The third kappa shape index (κ3) is 4.47. The molecule has 0 radical (unpaired) electrons. The number of carbonyl (C=O) groups is 3. The lowest BCUT2D eigenvalue weighted by Gasteiger charge is -2.33. The molecule has 0 fully saturated rings. The highest BCUT2D eigenvalue weighted by molar-refractivity contribution is 5.95. The third-order valence-corrected chi connectivity index (χ3v) is 5.27. The molecule has 1 heterocycles. The van der Waals surface area contributed by atoms with E-state index in [-0.39, 0.29) is 24.3 Å². The first-order chi connectivity index (χ1) is 13.8. The molecular formula is C23H26N2O4. The first-order valence-electron chi connectivity index (χ1n) is 9.71. The molecule has 6 heteroatoms. The molecule has 1 unspecified atom stereocenters. The first-order valence-corrected chi connectivity index (χ1v) is 9.71. The number of fused-ring (bicyclic) bond motifs is 1. The summed E-state index contributed by atoms with van der Waals surface area (Å²) in [7, 11) is 1.76. The van der Waals surface area contributed by atoms with Gasteiger partial charge in [-0.15, -0.1) is 0 Å². The number of nitrogens with zero attached hydrogens (tertiary/aromatic N) is 2. The summed E-state index contributed by atoms with van der Waals surface area (Å²) < 4.78 is 0. The fourth-order valence-corrected chi connectivity index (χ4v) is 3.70. The van der Waals surface area contributed by atoms with Crippen molar-refractivity contribution in [2.75, 3.05) is 13.6 Å². The van der Waals surface area contributed by atoms with Crippen LogP contribution < -0.4 is 0 Å². The molecule has 0 spiro atoms. The average Bonchev–Trinajstić information content (AvgIpc) is 2.72. The minimum Gasteiger partial charge on any atom is -0.481 e. The fraction of sp³-hybridized carbons (Fsp3) is 0.348. The number of hydrogen-bond acceptors (Lipinski definition) is 3. The Balaban J connectivity index is 1.74. The van der Waals surface area contributed by atoms with Crippen molar-refractivity contribution >= 4 is 17.8 Å². The Morgan fingerprint density at radius 2 is 1.76 bits per heavy atom. The Morgan fingerprint density at radius 3 is 2.38 bits per heavy atom. The highest BCUT2D eigenvalue weighted by atomic mass is 16.4. The number of rotatable bonds is 5. The molecule has 2 aromatic carbocycles. The van der Waals surface area contributed by atoms with E-state index < -0.39 is 11.9 Å². The van der Waals surface area contributed by atoms with Gasteiger partial charge < -0.3 is 14.9 Å². The lowest BCUT2D eigenvalue weighted by atomic mass is 9.89. The van der Waals surface area contributed by atoms with E-state index in [0.29, 0.717) is 18.7 Å². The third-order valence-electron chi connectivity index (χ3n) is 5.27. The van der Waals surface area contributed by atoms with Gasteiger partial charge in [-0.3, -0.25) is 14.4 Å². The fourth-order valence-electron chi connectivity index (χ4n) is 3.70. The van der Waals surface area contributed by atoms with Crippen LogP contribution in [0.1, 0.15) is 46.8 Å². The molecule has 0 aromatic heterocycles. The number of carbonyl (C=O) groups excluding carboxylic acids is 2. The van der Waals surface area contributed by atoms with Crippen LogP contribution >= 0.6 is 0 Å². The lowest BCUT2D eigenvalue weighted by Crippen LogP contribution is -2.40. The van der Waals surface area contributed by atoms with E-state index in [0.717, 1.165) is 16.7 Å². The van der Waals surface area contributed by atoms with Gasteiger partial charge in [-0.05, 0) is 28.8 Å². The second-order valence-electron chi connectivity index (χ2n) is 7.82. The summed E-state index contributed by atoms with van der Waals surface area (Å²) in [5.41, 5.74) is 3.09. The van der Waals surface area contributed by atoms with Crippen molar-refractivity contribution in [3.8, 4) is 0 Å². The zero-order valence-electron chi connectivity index (χ0n) is 17.0. The van der Waals surface area contributed by atoms with E-state index in [2.05, 4.69) is 0 Å². The largest absolute Gasteiger partial charge is 0.481 e. The second-order valence-corrected chi connectivity index (χ2v) is 7.82. The molecule has 3 rings (SSSR count). The van der Waals surface area contributed by atoms with Crippen LogP contribution in [0, 0.1) is 5.92 Å². The molecule has 1 aliphatic heterocycles. The maximum absolute atomic E-state index is 13.0. The summed E-state index contributed by atoms with van der Waals surface area (Å²) in [6, 6.07) is 14.5. The van der Waals surface area contributed by atoms with E-state index in [1.165, 1.54) is 0 Å². The minimum atomic E-state index is -0.928. The number of carboxylic acid groups (broad SMARTS) is 1. The summed E-state index contributed by atoms with van der Waals surface area (Å²) in [5, 5.41) is 9.59. The van der Waals surface area contributed by atoms with Gasteiger partial charge in [-0.2, -0.15) is 0 Å². The van der Waals surface area contributed by atoms with Gasteiger partial charge in [0.1, 0.15) is 0 Å². The zero-order valence-corrected chi connectivity index (χ0v) is 17.0. The topological polar surface area (TPSA) is 77.9 Å². The van der Waals surface area contributed by atoms with Crippen molar-refractivity contribution in [1.82, 2.24) is 9.80 Å². The molecule has 0 saturated carbocycles. The van der Waals surface area contributed by atoms with Crippen LogP contribution in [0.3, 0.4) is 0 Å². The Morgan fingerprint density at radius 1 is 1.10 bits per heavy atom. The quantitative estimate of drug-likeness (QED) is 0.845. The molecule has 1 atom stereocenters. The summed E-state index contributed by atoms with van der Waals surface area (Å²) in [6.07, 6.45) is 0. The highest BCUT2D eigenvalue weighted by Crippen LogP contribution is 2.29. The van der Waals surface area contributed by atoms with Crippen molar-refractivity contribution < 1.29 is 19.5 Å². The van der Waals surface area contributed by atoms with Gasteiger partial charge in [0.25, 0.3) is 5.91 Å². The van der Waals surface area contributed by atoms with Crippen LogP contribution in [-0.4, -0.2) is 46.3 Å². The van der Waals surface area contributed by atoms with Crippen molar-refractivity contribution in [1.29, 1.82) is 0 Å². The summed E-state index contributed by atoms with van der Waals surface area (Å²) in [4.78, 5) is 40.0. The predicted octanol–water partition coefficient (Wildman–Crippen LogP) is 3.13. The number of benzene rings is 2. The number of aliphatic carboxylic acids is 1. The smallest absolute Gasteiger partial charge is 0.312 e. The molecule has 1 N–H and O–H groups in total. The van der Waals surface area contributed by atoms with E-state index in [9.17, 15) is 19.5 Å². The van der Waals surface area contributed by atoms with Crippen LogP contribution in [0.15, 0.2) is 48.5 Å². The van der Waals surface area contributed by atoms with Crippen LogP contribution in [0.25, 0.3) is 0 Å². The molecule has 0 saturated heterocycles. The maximum atomic E-state index is 13.0. The summed E-state index contributed by atoms with van der Waals surface area (Å²) in [6.45, 7) is 4.75. The molecule has 1 aliphatic rings. The monoisotopic (exact) mass is 394 g/mol.